The lowest BCUT2D eigenvalue weighted by Crippen LogP contribution is -2.49. The number of carbonyl (C=O) groups excluding carboxylic acids is 1. The van der Waals surface area contributed by atoms with E-state index in [0.717, 1.165) is 38.0 Å². The number of nitrogens with two attached hydrogens (primary N) is 1. The fourth-order valence-corrected chi connectivity index (χ4v) is 3.62. The van der Waals surface area contributed by atoms with Crippen LogP contribution in [0.15, 0.2) is 60.7 Å². The van der Waals surface area contributed by atoms with Crippen molar-refractivity contribution < 1.29 is 4.79 Å². The van der Waals surface area contributed by atoms with Gasteiger partial charge < -0.3 is 11.1 Å². The highest BCUT2D eigenvalue weighted by Gasteiger charge is 2.26. The average Bonchev–Trinajstić information content (AvgIpc) is 2.68. The zero-order valence-electron chi connectivity index (χ0n) is 15.5. The number of hydrogen-bond donors (Lipinski definition) is 2. The van der Waals surface area contributed by atoms with Crippen LogP contribution in [0.5, 0.6) is 0 Å². The second kappa shape index (κ2) is 8.97. The van der Waals surface area contributed by atoms with Crippen molar-refractivity contribution in [2.24, 2.45) is 11.7 Å². The lowest BCUT2D eigenvalue weighted by molar-refractivity contribution is -0.126. The summed E-state index contributed by atoms with van der Waals surface area (Å²) in [5.41, 5.74) is 8.63. The van der Waals surface area contributed by atoms with E-state index in [9.17, 15) is 4.79 Å². The van der Waals surface area contributed by atoms with E-state index in [1.54, 1.807) is 0 Å². The van der Waals surface area contributed by atoms with Crippen LogP contribution in [0.3, 0.4) is 0 Å². The molecule has 1 saturated heterocycles. The van der Waals surface area contributed by atoms with Crippen LogP contribution in [0, 0.1) is 5.92 Å². The number of likely N-dealkylation sites (tertiary alicyclic amines) is 1. The van der Waals surface area contributed by atoms with Crippen molar-refractivity contribution in [2.45, 2.75) is 38.4 Å². The maximum absolute atomic E-state index is 12.7. The monoisotopic (exact) mass is 351 g/mol. The summed E-state index contributed by atoms with van der Waals surface area (Å²) in [5, 5.41) is 3.22. The Bertz CT molecular complexity index is 689. The van der Waals surface area contributed by atoms with E-state index in [2.05, 4.69) is 34.5 Å². The molecule has 138 valence electrons. The largest absolute Gasteiger partial charge is 0.352 e. The summed E-state index contributed by atoms with van der Waals surface area (Å²) in [5.74, 6) is -0.199. The molecule has 0 aliphatic carbocycles. The lowest BCUT2D eigenvalue weighted by atomic mass is 9.94. The van der Waals surface area contributed by atoms with Gasteiger partial charge in [0.25, 0.3) is 0 Å². The van der Waals surface area contributed by atoms with Crippen LogP contribution < -0.4 is 11.1 Å². The molecular formula is C22H29N3O. The minimum atomic E-state index is -0.278. The summed E-state index contributed by atoms with van der Waals surface area (Å²) >= 11 is 0. The van der Waals surface area contributed by atoms with Gasteiger partial charge in [0.15, 0.2) is 0 Å². The Labute approximate surface area is 156 Å². The molecule has 4 heteroatoms. The van der Waals surface area contributed by atoms with Gasteiger partial charge in [-0.15, -0.1) is 0 Å². The van der Waals surface area contributed by atoms with Crippen molar-refractivity contribution in [2.75, 3.05) is 13.1 Å². The van der Waals surface area contributed by atoms with Crippen molar-refractivity contribution in [1.29, 1.82) is 0 Å². The second-order valence-corrected chi connectivity index (χ2v) is 7.29. The fourth-order valence-electron chi connectivity index (χ4n) is 3.62. The van der Waals surface area contributed by atoms with Gasteiger partial charge in [-0.3, -0.25) is 9.69 Å². The number of rotatable bonds is 6. The average molecular weight is 351 g/mol. The van der Waals surface area contributed by atoms with Crippen LogP contribution in [-0.4, -0.2) is 29.9 Å². The molecule has 2 aromatic rings. The van der Waals surface area contributed by atoms with Crippen molar-refractivity contribution in [1.82, 2.24) is 10.2 Å². The summed E-state index contributed by atoms with van der Waals surface area (Å²) < 4.78 is 0. The molecule has 1 fully saturated rings. The Morgan fingerprint density at radius 1 is 1.15 bits per heavy atom. The standard InChI is InChI=1S/C22H29N3O/c1-17(21(23)19-11-6-3-7-12-19)22(26)24-20-13-8-14-25(16-20)15-18-9-4-2-5-10-18/h2-7,9-12,17,20-21H,8,13-16,23H2,1H3,(H,24,26). The smallest absolute Gasteiger partial charge is 0.225 e. The van der Waals surface area contributed by atoms with E-state index in [1.165, 1.54) is 5.56 Å². The summed E-state index contributed by atoms with van der Waals surface area (Å²) in [6, 6.07) is 20.3. The highest BCUT2D eigenvalue weighted by atomic mass is 16.2. The van der Waals surface area contributed by atoms with E-state index < -0.39 is 0 Å². The topological polar surface area (TPSA) is 58.4 Å². The normalized spacial score (nSPS) is 20.3. The van der Waals surface area contributed by atoms with Gasteiger partial charge in [-0.2, -0.15) is 0 Å². The van der Waals surface area contributed by atoms with Gasteiger partial charge >= 0.3 is 0 Å². The molecule has 2 aromatic carbocycles. The highest BCUT2D eigenvalue weighted by molar-refractivity contribution is 5.79. The summed E-state index contributed by atoms with van der Waals surface area (Å²) in [7, 11) is 0. The first-order valence-electron chi connectivity index (χ1n) is 9.50. The number of amides is 1. The molecule has 0 bridgehead atoms. The molecule has 1 amide bonds. The van der Waals surface area contributed by atoms with Crippen LogP contribution in [0.4, 0.5) is 0 Å². The third-order valence-electron chi connectivity index (χ3n) is 5.24. The van der Waals surface area contributed by atoms with Gasteiger partial charge in [0, 0.05) is 25.2 Å². The summed E-state index contributed by atoms with van der Waals surface area (Å²) in [4.78, 5) is 15.1. The maximum atomic E-state index is 12.7. The predicted molar refractivity (Wildman–Crippen MR) is 105 cm³/mol. The summed E-state index contributed by atoms with van der Waals surface area (Å²) in [6.07, 6.45) is 2.14. The molecule has 4 nitrogen and oxygen atoms in total. The Morgan fingerprint density at radius 2 is 1.81 bits per heavy atom. The van der Waals surface area contributed by atoms with E-state index in [4.69, 9.17) is 5.73 Å². The van der Waals surface area contributed by atoms with Crippen LogP contribution in [0.2, 0.25) is 0 Å². The number of benzene rings is 2. The fraction of sp³-hybridized carbons (Fsp3) is 0.409. The first-order chi connectivity index (χ1) is 12.6. The Kier molecular flexibility index (Phi) is 6.42. The Morgan fingerprint density at radius 3 is 2.50 bits per heavy atom. The minimum absolute atomic E-state index is 0.0490. The van der Waals surface area contributed by atoms with Gasteiger partial charge in [0.1, 0.15) is 0 Å². The van der Waals surface area contributed by atoms with Crippen LogP contribution in [0.1, 0.15) is 36.9 Å². The molecule has 3 N–H and O–H groups in total. The van der Waals surface area contributed by atoms with E-state index in [1.807, 2.05) is 43.3 Å². The third kappa shape index (κ3) is 4.93. The van der Waals surface area contributed by atoms with Gasteiger partial charge in [0.2, 0.25) is 5.91 Å². The molecule has 1 aliphatic rings. The second-order valence-electron chi connectivity index (χ2n) is 7.29. The van der Waals surface area contributed by atoms with Crippen molar-refractivity contribution in [3.8, 4) is 0 Å². The van der Waals surface area contributed by atoms with E-state index in [-0.39, 0.29) is 23.9 Å². The molecule has 0 spiro atoms. The lowest BCUT2D eigenvalue weighted by Gasteiger charge is -2.34. The van der Waals surface area contributed by atoms with Gasteiger partial charge in [0.05, 0.1) is 5.92 Å². The first kappa shape index (κ1) is 18.6. The Balaban J connectivity index is 1.53. The molecule has 3 unspecified atom stereocenters. The van der Waals surface area contributed by atoms with Gasteiger partial charge in [-0.05, 0) is 30.5 Å². The predicted octanol–water partition coefficient (Wildman–Crippen LogP) is 3.10. The summed E-state index contributed by atoms with van der Waals surface area (Å²) in [6.45, 7) is 4.83. The zero-order valence-corrected chi connectivity index (χ0v) is 15.5. The van der Waals surface area contributed by atoms with Gasteiger partial charge in [-0.25, -0.2) is 0 Å². The van der Waals surface area contributed by atoms with E-state index >= 15 is 0 Å². The van der Waals surface area contributed by atoms with Crippen LogP contribution in [-0.2, 0) is 11.3 Å². The molecule has 0 aromatic heterocycles. The highest BCUT2D eigenvalue weighted by Crippen LogP contribution is 2.20. The SMILES string of the molecule is CC(C(=O)NC1CCCN(Cc2ccccc2)C1)C(N)c1ccccc1. The number of nitrogens with one attached hydrogen (secondary N) is 1. The molecule has 3 atom stereocenters. The van der Waals surface area contributed by atoms with Crippen LogP contribution in [0.25, 0.3) is 0 Å². The molecule has 1 aliphatic heterocycles. The van der Waals surface area contributed by atoms with Crippen molar-refractivity contribution in [3.05, 3.63) is 71.8 Å². The Hall–Kier alpha value is -2.17. The third-order valence-corrected chi connectivity index (χ3v) is 5.24. The number of carbonyl (C=O) groups is 1. The van der Waals surface area contributed by atoms with Crippen molar-refractivity contribution in [3.63, 3.8) is 0 Å². The molecule has 1 heterocycles. The quantitative estimate of drug-likeness (QED) is 0.841. The first-order valence-corrected chi connectivity index (χ1v) is 9.50. The maximum Gasteiger partial charge on any atom is 0.225 e. The number of hydrogen-bond acceptors (Lipinski definition) is 3. The van der Waals surface area contributed by atoms with Gasteiger partial charge in [-0.1, -0.05) is 67.6 Å². The molecule has 0 saturated carbocycles. The van der Waals surface area contributed by atoms with Crippen LogP contribution >= 0.6 is 0 Å². The van der Waals surface area contributed by atoms with Crippen molar-refractivity contribution >= 4 is 5.91 Å². The molecular weight excluding hydrogens is 322 g/mol. The molecule has 3 rings (SSSR count). The minimum Gasteiger partial charge on any atom is -0.352 e. The number of nitrogens with zero attached hydrogens (tertiary/aromatic N) is 1. The van der Waals surface area contributed by atoms with E-state index in [0.29, 0.717) is 0 Å². The molecule has 0 radical (unpaired) electrons. The molecule has 26 heavy (non-hydrogen) atoms. The number of piperidine rings is 1. The zero-order chi connectivity index (χ0) is 18.4.